The molecule has 26 heavy (non-hydrogen) atoms. The number of rotatable bonds is 5. The molecule has 7 heteroatoms. The second-order valence-corrected chi connectivity index (χ2v) is 5.16. The topological polar surface area (TPSA) is 67.4 Å². The van der Waals surface area contributed by atoms with Crippen molar-refractivity contribution in [3.63, 3.8) is 0 Å². The molecule has 0 aliphatic carbocycles. The summed E-state index contributed by atoms with van der Waals surface area (Å²) in [5.41, 5.74) is 0.357. The van der Waals surface area contributed by atoms with E-state index in [-0.39, 0.29) is 24.6 Å². The molecule has 2 aromatic rings. The highest BCUT2D eigenvalue weighted by Crippen LogP contribution is 2.17. The molecule has 0 radical (unpaired) electrons. The molecule has 0 fully saturated rings. The maximum atomic E-state index is 13.4. The predicted octanol–water partition coefficient (Wildman–Crippen LogP) is 2.74. The summed E-state index contributed by atoms with van der Waals surface area (Å²) in [6.07, 6.45) is 0. The molecule has 0 atom stereocenters. The molecule has 0 unspecified atom stereocenters. The minimum atomic E-state index is -0.933. The van der Waals surface area contributed by atoms with Crippen LogP contribution in [0.25, 0.3) is 0 Å². The van der Waals surface area contributed by atoms with Gasteiger partial charge in [-0.05, 0) is 24.3 Å². The summed E-state index contributed by atoms with van der Waals surface area (Å²) < 4.78 is 31.7. The lowest BCUT2D eigenvalue weighted by Crippen LogP contribution is -2.24. The zero-order valence-electron chi connectivity index (χ0n) is 13.9. The number of nitrogens with one attached hydrogen (secondary N) is 2. The number of hydrogen-bond acceptors (Lipinski definition) is 3. The zero-order chi connectivity index (χ0) is 18.9. The van der Waals surface area contributed by atoms with E-state index in [0.717, 1.165) is 12.1 Å². The Bertz CT molecular complexity index is 873. The highest BCUT2D eigenvalue weighted by Gasteiger charge is 2.11. The SMILES string of the molecule is CC(=O)Nc1cccc(OCC#CCNC(=O)c2ccc(F)cc2F)c1. The van der Waals surface area contributed by atoms with Gasteiger partial charge in [0.05, 0.1) is 12.1 Å². The van der Waals surface area contributed by atoms with Gasteiger partial charge in [0.1, 0.15) is 24.0 Å². The molecular formula is C19H16F2N2O3. The van der Waals surface area contributed by atoms with Crippen LogP contribution in [0.3, 0.4) is 0 Å². The Hall–Kier alpha value is -3.40. The van der Waals surface area contributed by atoms with Gasteiger partial charge in [0.15, 0.2) is 0 Å². The standard InChI is InChI=1S/C19H16F2N2O3/c1-13(24)23-15-5-4-6-16(12-15)26-10-3-2-9-22-19(25)17-8-7-14(20)11-18(17)21/h4-8,11-12H,9-10H2,1H3,(H,22,25)(H,23,24). The first-order valence-corrected chi connectivity index (χ1v) is 7.65. The maximum absolute atomic E-state index is 13.4. The number of benzene rings is 2. The summed E-state index contributed by atoms with van der Waals surface area (Å²) >= 11 is 0. The van der Waals surface area contributed by atoms with E-state index in [9.17, 15) is 18.4 Å². The van der Waals surface area contributed by atoms with Crippen molar-refractivity contribution in [3.8, 4) is 17.6 Å². The third-order valence-corrected chi connectivity index (χ3v) is 3.10. The summed E-state index contributed by atoms with van der Waals surface area (Å²) in [6, 6.07) is 9.54. The Kier molecular flexibility index (Phi) is 6.68. The van der Waals surface area contributed by atoms with Gasteiger partial charge in [0.25, 0.3) is 5.91 Å². The highest BCUT2D eigenvalue weighted by molar-refractivity contribution is 5.94. The molecule has 5 nitrogen and oxygen atoms in total. The van der Waals surface area contributed by atoms with Crippen LogP contribution in [0.4, 0.5) is 14.5 Å². The molecule has 2 N–H and O–H groups in total. The van der Waals surface area contributed by atoms with Crippen LogP contribution in [0.2, 0.25) is 0 Å². The van der Waals surface area contributed by atoms with E-state index >= 15 is 0 Å². The quantitative estimate of drug-likeness (QED) is 0.808. The van der Waals surface area contributed by atoms with Gasteiger partial charge < -0.3 is 15.4 Å². The highest BCUT2D eigenvalue weighted by atomic mass is 19.1. The third kappa shape index (κ3) is 5.91. The van der Waals surface area contributed by atoms with E-state index in [1.165, 1.54) is 6.92 Å². The lowest BCUT2D eigenvalue weighted by molar-refractivity contribution is -0.114. The van der Waals surface area contributed by atoms with Crippen LogP contribution < -0.4 is 15.4 Å². The van der Waals surface area contributed by atoms with Gasteiger partial charge in [-0.15, -0.1) is 0 Å². The number of amides is 2. The Morgan fingerprint density at radius 1 is 1.12 bits per heavy atom. The average molecular weight is 358 g/mol. The second-order valence-electron chi connectivity index (χ2n) is 5.16. The van der Waals surface area contributed by atoms with Crippen LogP contribution in [0.15, 0.2) is 42.5 Å². The molecule has 0 bridgehead atoms. The van der Waals surface area contributed by atoms with Gasteiger partial charge >= 0.3 is 0 Å². The summed E-state index contributed by atoms with van der Waals surface area (Å²) in [7, 11) is 0. The van der Waals surface area contributed by atoms with Crippen molar-refractivity contribution >= 4 is 17.5 Å². The van der Waals surface area contributed by atoms with E-state index in [2.05, 4.69) is 22.5 Å². The van der Waals surface area contributed by atoms with Crippen LogP contribution in [0.5, 0.6) is 5.75 Å². The van der Waals surface area contributed by atoms with Crippen LogP contribution in [-0.2, 0) is 4.79 Å². The number of halogens is 2. The predicted molar refractivity (Wildman–Crippen MR) is 92.7 cm³/mol. The maximum Gasteiger partial charge on any atom is 0.255 e. The Morgan fingerprint density at radius 2 is 1.92 bits per heavy atom. The first-order chi connectivity index (χ1) is 12.5. The summed E-state index contributed by atoms with van der Waals surface area (Å²) in [5, 5.41) is 5.05. The summed E-state index contributed by atoms with van der Waals surface area (Å²) in [4.78, 5) is 22.8. The lowest BCUT2D eigenvalue weighted by Gasteiger charge is -2.05. The molecule has 0 aliphatic rings. The molecule has 0 heterocycles. The fraction of sp³-hybridized carbons (Fsp3) is 0.158. The van der Waals surface area contributed by atoms with Gasteiger partial charge in [-0.2, -0.15) is 0 Å². The second kappa shape index (κ2) is 9.18. The molecule has 0 saturated carbocycles. The molecule has 2 amide bonds. The number of carbonyl (C=O) groups is 2. The van der Waals surface area contributed by atoms with Crippen LogP contribution in [-0.4, -0.2) is 25.0 Å². The third-order valence-electron chi connectivity index (χ3n) is 3.10. The molecule has 0 aromatic heterocycles. The average Bonchev–Trinajstić information content (AvgIpc) is 2.57. The summed E-state index contributed by atoms with van der Waals surface area (Å²) in [5.74, 6) is 3.34. The van der Waals surface area contributed by atoms with Crippen molar-refractivity contribution in [2.45, 2.75) is 6.92 Å². The molecule has 0 saturated heterocycles. The van der Waals surface area contributed by atoms with E-state index in [1.807, 2.05) is 0 Å². The molecule has 2 rings (SSSR count). The molecule has 134 valence electrons. The van der Waals surface area contributed by atoms with Crippen molar-refractivity contribution in [2.75, 3.05) is 18.5 Å². The molecule has 0 spiro atoms. The molecule has 2 aromatic carbocycles. The number of carbonyl (C=O) groups excluding carboxylic acids is 2. The fourth-order valence-corrected chi connectivity index (χ4v) is 1.99. The zero-order valence-corrected chi connectivity index (χ0v) is 13.9. The van der Waals surface area contributed by atoms with Crippen molar-refractivity contribution in [3.05, 3.63) is 59.7 Å². The normalized spacial score (nSPS) is 9.65. The van der Waals surface area contributed by atoms with Gasteiger partial charge in [-0.1, -0.05) is 17.9 Å². The van der Waals surface area contributed by atoms with E-state index in [1.54, 1.807) is 24.3 Å². The first-order valence-electron chi connectivity index (χ1n) is 7.65. The minimum absolute atomic E-state index is 0.00899. The van der Waals surface area contributed by atoms with Gasteiger partial charge in [-0.3, -0.25) is 9.59 Å². The van der Waals surface area contributed by atoms with Gasteiger partial charge in [0, 0.05) is 24.7 Å². The Balaban J connectivity index is 1.79. The van der Waals surface area contributed by atoms with Crippen molar-refractivity contribution in [2.24, 2.45) is 0 Å². The van der Waals surface area contributed by atoms with E-state index < -0.39 is 17.5 Å². The molecular weight excluding hydrogens is 342 g/mol. The molecule has 0 aliphatic heterocycles. The lowest BCUT2D eigenvalue weighted by atomic mass is 10.2. The largest absolute Gasteiger partial charge is 0.481 e. The number of anilines is 1. The Labute approximate surface area is 149 Å². The monoisotopic (exact) mass is 358 g/mol. The van der Waals surface area contributed by atoms with Gasteiger partial charge in [-0.25, -0.2) is 8.78 Å². The van der Waals surface area contributed by atoms with E-state index in [4.69, 9.17) is 4.74 Å². The van der Waals surface area contributed by atoms with Crippen LogP contribution >= 0.6 is 0 Å². The fourth-order valence-electron chi connectivity index (χ4n) is 1.99. The van der Waals surface area contributed by atoms with Crippen molar-refractivity contribution in [1.82, 2.24) is 5.32 Å². The number of hydrogen-bond donors (Lipinski definition) is 2. The van der Waals surface area contributed by atoms with E-state index in [0.29, 0.717) is 17.5 Å². The van der Waals surface area contributed by atoms with Gasteiger partial charge in [0.2, 0.25) is 5.91 Å². The number of ether oxygens (including phenoxy) is 1. The van der Waals surface area contributed by atoms with Crippen LogP contribution in [0, 0.1) is 23.5 Å². The van der Waals surface area contributed by atoms with Crippen molar-refractivity contribution in [1.29, 1.82) is 0 Å². The minimum Gasteiger partial charge on any atom is -0.481 e. The smallest absolute Gasteiger partial charge is 0.255 e. The van der Waals surface area contributed by atoms with Crippen LogP contribution in [0.1, 0.15) is 17.3 Å². The first kappa shape index (κ1) is 18.9. The van der Waals surface area contributed by atoms with Crippen molar-refractivity contribution < 1.29 is 23.1 Å². The Morgan fingerprint density at radius 3 is 2.65 bits per heavy atom. The summed E-state index contributed by atoms with van der Waals surface area (Å²) in [6.45, 7) is 1.47.